The molecule has 1 atom stereocenters. The molecule has 0 saturated carbocycles. The Kier molecular flexibility index (Phi) is 2.07. The molecule has 0 fully saturated rings. The monoisotopic (exact) mass is 197 g/mol. The Balaban J connectivity index is 2.81. The second kappa shape index (κ2) is 2.55. The molecule has 0 saturated heterocycles. The highest BCUT2D eigenvalue weighted by atomic mass is 32.2. The summed E-state index contributed by atoms with van der Waals surface area (Å²) in [5.41, 5.74) is 0. The Hall–Kier alpha value is -0.0100. The zero-order chi connectivity index (χ0) is 7.89. The molecule has 0 bridgehead atoms. The zero-order valence-corrected chi connectivity index (χ0v) is 7.16. The zero-order valence-electron chi connectivity index (χ0n) is 4.55. The van der Waals surface area contributed by atoms with E-state index in [1.165, 1.54) is 0 Å². The SMILES string of the molecule is O=[N+]([O-])C1=C(C(S)S)S1=O. The standard InChI is InChI=1S/C3H3NO3S3/c5-4(6)2-1(3(8)9)10(2)7/h3,8-9H. The molecule has 0 aromatic rings. The minimum Gasteiger partial charge on any atom is -0.258 e. The van der Waals surface area contributed by atoms with E-state index in [4.69, 9.17) is 0 Å². The molecule has 56 valence electrons. The molecule has 1 aliphatic heterocycles. The van der Waals surface area contributed by atoms with Crippen LogP contribution in [-0.2, 0) is 10.8 Å². The van der Waals surface area contributed by atoms with E-state index in [-0.39, 0.29) is 9.93 Å². The van der Waals surface area contributed by atoms with Crippen LogP contribution >= 0.6 is 25.3 Å². The van der Waals surface area contributed by atoms with Crippen LogP contribution in [-0.4, -0.2) is 13.7 Å². The van der Waals surface area contributed by atoms with Crippen LogP contribution in [0.4, 0.5) is 0 Å². The Morgan fingerprint density at radius 3 is 2.20 bits per heavy atom. The summed E-state index contributed by atoms with van der Waals surface area (Å²) in [5, 5.41) is 9.73. The summed E-state index contributed by atoms with van der Waals surface area (Å²) in [6.45, 7) is 0. The van der Waals surface area contributed by atoms with Gasteiger partial charge in [0.15, 0.2) is 10.8 Å². The molecule has 1 heterocycles. The summed E-state index contributed by atoms with van der Waals surface area (Å²) in [4.78, 5) is 9.53. The minimum atomic E-state index is -1.52. The molecule has 1 aliphatic rings. The average molecular weight is 197 g/mol. The predicted molar refractivity (Wildman–Crippen MR) is 43.9 cm³/mol. The lowest BCUT2D eigenvalue weighted by Crippen LogP contribution is -1.87. The van der Waals surface area contributed by atoms with Gasteiger partial charge in [0.2, 0.25) is 0 Å². The highest BCUT2D eigenvalue weighted by Crippen LogP contribution is 2.38. The number of thiol groups is 2. The summed E-state index contributed by atoms with van der Waals surface area (Å²) in [5.74, 6) is 0. The largest absolute Gasteiger partial charge is 0.352 e. The molecule has 0 N–H and O–H groups in total. The van der Waals surface area contributed by atoms with Crippen LogP contribution in [0.25, 0.3) is 0 Å². The van der Waals surface area contributed by atoms with Crippen LogP contribution in [0.1, 0.15) is 0 Å². The van der Waals surface area contributed by atoms with E-state index < -0.39 is 20.3 Å². The molecule has 0 radical (unpaired) electrons. The fourth-order valence-corrected chi connectivity index (χ4v) is 2.39. The van der Waals surface area contributed by atoms with Crippen LogP contribution in [0.5, 0.6) is 0 Å². The maximum Gasteiger partial charge on any atom is 0.352 e. The molecule has 0 aromatic heterocycles. The third-order valence-corrected chi connectivity index (χ3v) is 3.16. The van der Waals surface area contributed by atoms with Crippen LogP contribution in [0, 0.1) is 10.1 Å². The topological polar surface area (TPSA) is 60.2 Å². The Morgan fingerprint density at radius 1 is 1.60 bits per heavy atom. The van der Waals surface area contributed by atoms with E-state index in [1.807, 2.05) is 0 Å². The number of hydrogen-bond donors (Lipinski definition) is 2. The second-order valence-corrected chi connectivity index (χ2v) is 4.37. The highest BCUT2D eigenvalue weighted by molar-refractivity contribution is 8.06. The van der Waals surface area contributed by atoms with Crippen molar-refractivity contribution >= 4 is 36.1 Å². The summed E-state index contributed by atoms with van der Waals surface area (Å²) in [7, 11) is -1.52. The molecule has 0 aliphatic carbocycles. The van der Waals surface area contributed by atoms with Crippen molar-refractivity contribution in [1.82, 2.24) is 0 Å². The first-order valence-corrected chi connectivity index (χ1v) is 4.40. The Labute approximate surface area is 70.1 Å². The van der Waals surface area contributed by atoms with Gasteiger partial charge in [-0.05, 0) is 0 Å². The third kappa shape index (κ3) is 1.21. The number of nitrogens with zero attached hydrogens (tertiary/aromatic N) is 1. The lowest BCUT2D eigenvalue weighted by atomic mass is 10.7. The van der Waals surface area contributed by atoms with Crippen molar-refractivity contribution in [1.29, 1.82) is 0 Å². The van der Waals surface area contributed by atoms with E-state index >= 15 is 0 Å². The second-order valence-electron chi connectivity index (χ2n) is 1.57. The molecular formula is C3H3NO3S3. The van der Waals surface area contributed by atoms with Crippen molar-refractivity contribution in [2.45, 2.75) is 4.58 Å². The van der Waals surface area contributed by atoms with Gasteiger partial charge in [-0.1, -0.05) is 0 Å². The van der Waals surface area contributed by atoms with E-state index in [2.05, 4.69) is 25.3 Å². The maximum atomic E-state index is 10.6. The Bertz CT molecular complexity index is 245. The van der Waals surface area contributed by atoms with Crippen molar-refractivity contribution < 1.29 is 9.13 Å². The van der Waals surface area contributed by atoms with Crippen LogP contribution in [0.2, 0.25) is 0 Å². The predicted octanol–water partition coefficient (Wildman–Crippen LogP) is 0.380. The van der Waals surface area contributed by atoms with Gasteiger partial charge in [-0.2, -0.15) is 25.3 Å². The summed E-state index contributed by atoms with van der Waals surface area (Å²) in [6.07, 6.45) is 0. The third-order valence-electron chi connectivity index (χ3n) is 0.945. The van der Waals surface area contributed by atoms with Gasteiger partial charge in [0.1, 0.15) is 4.91 Å². The van der Waals surface area contributed by atoms with Gasteiger partial charge in [0.05, 0.1) is 9.51 Å². The fraction of sp³-hybridized carbons (Fsp3) is 0.333. The maximum absolute atomic E-state index is 10.6. The molecule has 0 spiro atoms. The van der Waals surface area contributed by atoms with Crippen molar-refractivity contribution in [2.24, 2.45) is 0 Å². The summed E-state index contributed by atoms with van der Waals surface area (Å²) >= 11 is 7.55. The van der Waals surface area contributed by atoms with Crippen molar-refractivity contribution in [2.75, 3.05) is 0 Å². The summed E-state index contributed by atoms with van der Waals surface area (Å²) in [6, 6.07) is 0. The first-order valence-electron chi connectivity index (χ1n) is 2.22. The van der Waals surface area contributed by atoms with Crippen molar-refractivity contribution in [3.05, 3.63) is 20.0 Å². The summed E-state index contributed by atoms with van der Waals surface area (Å²) < 4.78 is 10.0. The van der Waals surface area contributed by atoms with Crippen molar-refractivity contribution in [3.63, 3.8) is 0 Å². The van der Waals surface area contributed by atoms with E-state index in [1.54, 1.807) is 0 Å². The number of hydrogen-bond acceptors (Lipinski definition) is 5. The molecule has 0 aromatic carbocycles. The molecule has 1 rings (SSSR count). The fourth-order valence-electron chi connectivity index (χ4n) is 0.502. The molecule has 10 heavy (non-hydrogen) atoms. The Morgan fingerprint density at radius 2 is 2.10 bits per heavy atom. The lowest BCUT2D eigenvalue weighted by molar-refractivity contribution is -0.408. The average Bonchev–Trinajstić information content (AvgIpc) is 2.40. The van der Waals surface area contributed by atoms with Crippen LogP contribution in [0.15, 0.2) is 9.93 Å². The first-order chi connectivity index (χ1) is 4.55. The van der Waals surface area contributed by atoms with E-state index in [0.717, 1.165) is 0 Å². The minimum absolute atomic E-state index is 0.219. The first kappa shape index (κ1) is 8.09. The number of rotatable bonds is 2. The van der Waals surface area contributed by atoms with Gasteiger partial charge in [-0.3, -0.25) is 10.1 Å². The van der Waals surface area contributed by atoms with Gasteiger partial charge < -0.3 is 0 Å². The van der Waals surface area contributed by atoms with Gasteiger partial charge in [0.25, 0.3) is 0 Å². The molecule has 1 unspecified atom stereocenters. The molecule has 0 amide bonds. The van der Waals surface area contributed by atoms with Crippen molar-refractivity contribution in [3.8, 4) is 0 Å². The van der Waals surface area contributed by atoms with Gasteiger partial charge in [-0.15, -0.1) is 0 Å². The molecule has 7 heteroatoms. The lowest BCUT2D eigenvalue weighted by Gasteiger charge is -1.84. The molecule has 4 nitrogen and oxygen atoms in total. The van der Waals surface area contributed by atoms with E-state index in [0.29, 0.717) is 0 Å². The highest BCUT2D eigenvalue weighted by Gasteiger charge is 2.48. The van der Waals surface area contributed by atoms with Crippen LogP contribution in [0.3, 0.4) is 0 Å². The van der Waals surface area contributed by atoms with Crippen LogP contribution < -0.4 is 0 Å². The van der Waals surface area contributed by atoms with Gasteiger partial charge in [-0.25, -0.2) is 4.21 Å². The van der Waals surface area contributed by atoms with Gasteiger partial charge in [0, 0.05) is 0 Å². The van der Waals surface area contributed by atoms with E-state index in [9.17, 15) is 14.3 Å². The smallest absolute Gasteiger partial charge is 0.258 e. The number of nitro groups is 1. The quantitative estimate of drug-likeness (QED) is 0.291. The van der Waals surface area contributed by atoms with Gasteiger partial charge >= 0.3 is 5.03 Å². The molecular weight excluding hydrogens is 194 g/mol. The normalized spacial score (nSPS) is 23.7.